The van der Waals surface area contributed by atoms with Crippen LogP contribution in [0.3, 0.4) is 0 Å². The minimum atomic E-state index is -0.438. The van der Waals surface area contributed by atoms with Crippen LogP contribution < -0.4 is 11.1 Å². The van der Waals surface area contributed by atoms with E-state index in [9.17, 15) is 9.59 Å². The van der Waals surface area contributed by atoms with Gasteiger partial charge in [0.1, 0.15) is 0 Å². The Labute approximate surface area is 120 Å². The number of hydrogen-bond acceptors (Lipinski definition) is 3. The molecular formula is C16H14N2O3. The molecule has 0 saturated carbocycles. The first kappa shape index (κ1) is 13.2. The van der Waals surface area contributed by atoms with Gasteiger partial charge < -0.3 is 9.73 Å². The van der Waals surface area contributed by atoms with E-state index < -0.39 is 5.76 Å². The normalized spacial score (nSPS) is 10.7. The van der Waals surface area contributed by atoms with Crippen molar-refractivity contribution in [3.05, 3.63) is 70.2 Å². The number of carbonyl (C=O) groups is 1. The topological polar surface area (TPSA) is 64.2 Å². The van der Waals surface area contributed by atoms with Crippen molar-refractivity contribution in [2.75, 3.05) is 0 Å². The molecule has 0 radical (unpaired) electrons. The third-order valence-electron chi connectivity index (χ3n) is 3.35. The maximum Gasteiger partial charge on any atom is 0.419 e. The largest absolute Gasteiger partial charge is 0.419 e. The quantitative estimate of drug-likeness (QED) is 0.799. The van der Waals surface area contributed by atoms with Gasteiger partial charge in [0.15, 0.2) is 5.58 Å². The van der Waals surface area contributed by atoms with Crippen molar-refractivity contribution in [1.29, 1.82) is 0 Å². The van der Waals surface area contributed by atoms with Crippen LogP contribution >= 0.6 is 0 Å². The minimum Gasteiger partial charge on any atom is -0.408 e. The fourth-order valence-corrected chi connectivity index (χ4v) is 2.15. The summed E-state index contributed by atoms with van der Waals surface area (Å²) in [5.74, 6) is -0.624. The molecule has 0 fully saturated rings. The van der Waals surface area contributed by atoms with Crippen molar-refractivity contribution in [3.8, 4) is 0 Å². The molecule has 2 aromatic carbocycles. The monoisotopic (exact) mass is 282 g/mol. The van der Waals surface area contributed by atoms with Gasteiger partial charge in [-0.15, -0.1) is 0 Å². The smallest absolute Gasteiger partial charge is 0.408 e. The van der Waals surface area contributed by atoms with Gasteiger partial charge in [-0.1, -0.05) is 30.3 Å². The molecule has 3 aromatic rings. The molecule has 1 amide bonds. The van der Waals surface area contributed by atoms with Crippen molar-refractivity contribution in [2.45, 2.75) is 6.54 Å². The highest BCUT2D eigenvalue weighted by molar-refractivity contribution is 5.97. The highest BCUT2D eigenvalue weighted by Gasteiger charge is 2.10. The molecular weight excluding hydrogens is 268 g/mol. The van der Waals surface area contributed by atoms with Crippen LogP contribution in [-0.2, 0) is 13.6 Å². The lowest BCUT2D eigenvalue weighted by Crippen LogP contribution is -2.22. The number of hydrogen-bond donors (Lipinski definition) is 1. The summed E-state index contributed by atoms with van der Waals surface area (Å²) in [6, 6.07) is 14.6. The zero-order chi connectivity index (χ0) is 14.8. The van der Waals surface area contributed by atoms with Gasteiger partial charge in [-0.25, -0.2) is 4.79 Å². The number of nitrogens with one attached hydrogen (secondary N) is 1. The van der Waals surface area contributed by atoms with Crippen molar-refractivity contribution in [1.82, 2.24) is 9.88 Å². The zero-order valence-corrected chi connectivity index (χ0v) is 11.5. The Morgan fingerprint density at radius 1 is 1.19 bits per heavy atom. The second-order valence-corrected chi connectivity index (χ2v) is 4.78. The summed E-state index contributed by atoms with van der Waals surface area (Å²) >= 11 is 0. The number of aryl methyl sites for hydroxylation is 1. The van der Waals surface area contributed by atoms with Crippen molar-refractivity contribution in [2.24, 2.45) is 7.05 Å². The second-order valence-electron chi connectivity index (χ2n) is 4.78. The minimum absolute atomic E-state index is 0.186. The van der Waals surface area contributed by atoms with Crippen molar-refractivity contribution >= 4 is 17.0 Å². The van der Waals surface area contributed by atoms with E-state index >= 15 is 0 Å². The standard InChI is InChI=1S/C16H14N2O3/c1-18-13-9-12(7-8-14(13)21-16(18)20)15(19)17-10-11-5-3-2-4-6-11/h2-9H,10H2,1H3,(H,17,19). The Morgan fingerprint density at radius 2 is 1.95 bits per heavy atom. The highest BCUT2D eigenvalue weighted by atomic mass is 16.4. The van der Waals surface area contributed by atoms with Gasteiger partial charge in [0.25, 0.3) is 5.91 Å². The molecule has 0 spiro atoms. The maximum atomic E-state index is 12.2. The molecule has 0 atom stereocenters. The lowest BCUT2D eigenvalue weighted by atomic mass is 10.1. The van der Waals surface area contributed by atoms with Crippen LogP contribution in [0.25, 0.3) is 11.1 Å². The molecule has 0 bridgehead atoms. The van der Waals surface area contributed by atoms with E-state index in [-0.39, 0.29) is 5.91 Å². The SMILES string of the molecule is Cn1c(=O)oc2ccc(C(=O)NCc3ccccc3)cc21. The molecule has 0 unspecified atom stereocenters. The Morgan fingerprint density at radius 3 is 2.71 bits per heavy atom. The molecule has 0 saturated heterocycles. The van der Waals surface area contributed by atoms with Crippen molar-refractivity contribution in [3.63, 3.8) is 0 Å². The number of rotatable bonds is 3. The molecule has 21 heavy (non-hydrogen) atoms. The first-order valence-corrected chi connectivity index (χ1v) is 6.57. The zero-order valence-electron chi connectivity index (χ0n) is 11.5. The number of oxazole rings is 1. The number of benzene rings is 2. The molecule has 0 aliphatic carbocycles. The molecule has 106 valence electrons. The Bertz CT molecular complexity index is 847. The lowest BCUT2D eigenvalue weighted by Gasteiger charge is -2.05. The average Bonchev–Trinajstić information content (AvgIpc) is 2.80. The molecule has 1 N–H and O–H groups in total. The van der Waals surface area contributed by atoms with Gasteiger partial charge in [-0.3, -0.25) is 9.36 Å². The predicted molar refractivity (Wildman–Crippen MR) is 79.1 cm³/mol. The Balaban J connectivity index is 1.81. The van der Waals surface area contributed by atoms with Crippen LogP contribution in [0.1, 0.15) is 15.9 Å². The van der Waals surface area contributed by atoms with E-state index in [0.29, 0.717) is 23.2 Å². The lowest BCUT2D eigenvalue weighted by molar-refractivity contribution is 0.0951. The van der Waals surface area contributed by atoms with Crippen LogP contribution in [-0.4, -0.2) is 10.5 Å². The van der Waals surface area contributed by atoms with E-state index in [1.54, 1.807) is 25.2 Å². The second kappa shape index (κ2) is 5.28. The van der Waals surface area contributed by atoms with Crippen LogP contribution in [0.4, 0.5) is 0 Å². The number of aromatic nitrogens is 1. The fourth-order valence-electron chi connectivity index (χ4n) is 2.15. The van der Waals surface area contributed by atoms with Crippen molar-refractivity contribution < 1.29 is 9.21 Å². The van der Waals surface area contributed by atoms with Crippen LogP contribution in [0.15, 0.2) is 57.7 Å². The van der Waals surface area contributed by atoms with Gasteiger partial charge in [0, 0.05) is 19.2 Å². The molecule has 0 aliphatic rings. The summed E-state index contributed by atoms with van der Waals surface area (Å²) in [6.45, 7) is 0.460. The summed E-state index contributed by atoms with van der Waals surface area (Å²) in [5, 5.41) is 2.85. The molecule has 5 nitrogen and oxygen atoms in total. The molecule has 3 rings (SSSR count). The summed E-state index contributed by atoms with van der Waals surface area (Å²) in [7, 11) is 1.61. The molecule has 5 heteroatoms. The average molecular weight is 282 g/mol. The van der Waals surface area contributed by atoms with Gasteiger partial charge in [0.2, 0.25) is 0 Å². The highest BCUT2D eigenvalue weighted by Crippen LogP contribution is 2.14. The van der Waals surface area contributed by atoms with E-state index in [2.05, 4.69) is 5.32 Å². The van der Waals surface area contributed by atoms with Gasteiger partial charge >= 0.3 is 5.76 Å². The third kappa shape index (κ3) is 2.58. The van der Waals surface area contributed by atoms with Gasteiger partial charge in [0.05, 0.1) is 5.52 Å². The summed E-state index contributed by atoms with van der Waals surface area (Å²) in [6.07, 6.45) is 0. The molecule has 1 aromatic heterocycles. The van der Waals surface area contributed by atoms with Crippen LogP contribution in [0.5, 0.6) is 0 Å². The summed E-state index contributed by atoms with van der Waals surface area (Å²) in [4.78, 5) is 23.6. The molecule has 1 heterocycles. The van der Waals surface area contributed by atoms with E-state index in [1.165, 1.54) is 4.57 Å². The predicted octanol–water partition coefficient (Wildman–Crippen LogP) is 2.06. The molecule has 0 aliphatic heterocycles. The van der Waals surface area contributed by atoms with E-state index in [0.717, 1.165) is 5.56 Å². The number of carbonyl (C=O) groups excluding carboxylic acids is 1. The first-order valence-electron chi connectivity index (χ1n) is 6.57. The maximum absolute atomic E-state index is 12.2. The number of amides is 1. The van der Waals surface area contributed by atoms with E-state index in [1.807, 2.05) is 30.3 Å². The summed E-state index contributed by atoms with van der Waals surface area (Å²) < 4.78 is 6.42. The van der Waals surface area contributed by atoms with E-state index in [4.69, 9.17) is 4.42 Å². The Hall–Kier alpha value is -2.82. The van der Waals surface area contributed by atoms with Crippen LogP contribution in [0.2, 0.25) is 0 Å². The third-order valence-corrected chi connectivity index (χ3v) is 3.35. The number of fused-ring (bicyclic) bond motifs is 1. The fraction of sp³-hybridized carbons (Fsp3) is 0.125. The van der Waals surface area contributed by atoms with Gasteiger partial charge in [-0.2, -0.15) is 0 Å². The van der Waals surface area contributed by atoms with Gasteiger partial charge in [-0.05, 0) is 23.8 Å². The summed E-state index contributed by atoms with van der Waals surface area (Å²) in [5.41, 5.74) is 2.60. The first-order chi connectivity index (χ1) is 10.1. The Kier molecular flexibility index (Phi) is 3.31. The number of nitrogens with zero attached hydrogens (tertiary/aromatic N) is 1. The van der Waals surface area contributed by atoms with Crippen LogP contribution in [0, 0.1) is 0 Å².